The molecule has 0 bridgehead atoms. The number of halogens is 2. The van der Waals surface area contributed by atoms with Gasteiger partial charge in [0.2, 0.25) is 5.92 Å². The largest absolute Gasteiger partial charge is 0.481 e. The number of carbonyl (C=O) groups excluding carboxylic acids is 1. The van der Waals surface area contributed by atoms with Crippen molar-refractivity contribution in [2.75, 3.05) is 0 Å². The number of carboxylic acid groups (broad SMARTS) is 1. The molecular formula is C7H8F2O3. The van der Waals surface area contributed by atoms with Gasteiger partial charge in [-0.3, -0.25) is 4.79 Å². The molecule has 1 unspecified atom stereocenters. The van der Waals surface area contributed by atoms with Crippen molar-refractivity contribution in [2.45, 2.75) is 25.2 Å². The van der Waals surface area contributed by atoms with Gasteiger partial charge in [-0.2, -0.15) is 0 Å². The topological polar surface area (TPSA) is 54.4 Å². The number of rotatable bonds is 2. The first kappa shape index (κ1) is 9.09. The molecule has 0 aromatic rings. The highest BCUT2D eigenvalue weighted by molar-refractivity contribution is 5.92. The summed E-state index contributed by atoms with van der Waals surface area (Å²) in [5.74, 6) is -4.45. The Kier molecular flexibility index (Phi) is 1.89. The fourth-order valence-corrected chi connectivity index (χ4v) is 1.38. The third-order valence-electron chi connectivity index (χ3n) is 2.16. The SMILES string of the molecule is O=CC1(C(=O)O)CCC(F)(F)C1. The lowest BCUT2D eigenvalue weighted by Gasteiger charge is -2.15. The molecule has 0 spiro atoms. The Morgan fingerprint density at radius 2 is 2.00 bits per heavy atom. The minimum atomic E-state index is -3.00. The van der Waals surface area contributed by atoms with Gasteiger partial charge in [0.05, 0.1) is 0 Å². The van der Waals surface area contributed by atoms with Crippen molar-refractivity contribution in [3.8, 4) is 0 Å². The number of alkyl halides is 2. The summed E-state index contributed by atoms with van der Waals surface area (Å²) in [5.41, 5.74) is -1.84. The van der Waals surface area contributed by atoms with Crippen molar-refractivity contribution < 1.29 is 23.5 Å². The molecule has 68 valence electrons. The molecule has 5 heteroatoms. The molecule has 1 rings (SSSR count). The standard InChI is InChI=1S/C7H8F2O3/c8-7(9)2-1-6(3-7,4-10)5(11)12/h4H,1-3H2,(H,11,12). The lowest BCUT2D eigenvalue weighted by atomic mass is 9.88. The van der Waals surface area contributed by atoms with E-state index in [-0.39, 0.29) is 12.7 Å². The van der Waals surface area contributed by atoms with Crippen LogP contribution < -0.4 is 0 Å². The Morgan fingerprint density at radius 1 is 1.42 bits per heavy atom. The second-order valence-corrected chi connectivity index (χ2v) is 3.11. The smallest absolute Gasteiger partial charge is 0.317 e. The van der Waals surface area contributed by atoms with E-state index < -0.39 is 30.1 Å². The van der Waals surface area contributed by atoms with E-state index in [0.29, 0.717) is 0 Å². The molecule has 12 heavy (non-hydrogen) atoms. The molecule has 1 atom stereocenters. The molecular weight excluding hydrogens is 170 g/mol. The van der Waals surface area contributed by atoms with E-state index in [1.54, 1.807) is 0 Å². The van der Waals surface area contributed by atoms with Crippen molar-refractivity contribution in [3.63, 3.8) is 0 Å². The summed E-state index contributed by atoms with van der Waals surface area (Å²) in [6.07, 6.45) is -1.52. The molecule has 0 amide bonds. The van der Waals surface area contributed by atoms with Gasteiger partial charge in [-0.05, 0) is 6.42 Å². The number of carboxylic acids is 1. The summed E-state index contributed by atoms with van der Waals surface area (Å²) in [4.78, 5) is 20.8. The minimum absolute atomic E-state index is 0.121. The van der Waals surface area contributed by atoms with Crippen LogP contribution in [0.2, 0.25) is 0 Å². The fraction of sp³-hybridized carbons (Fsp3) is 0.714. The minimum Gasteiger partial charge on any atom is -0.481 e. The molecule has 0 aromatic carbocycles. The highest BCUT2D eigenvalue weighted by Crippen LogP contribution is 2.46. The second-order valence-electron chi connectivity index (χ2n) is 3.11. The Hall–Kier alpha value is -1.00. The van der Waals surface area contributed by atoms with Crippen LogP contribution in [0.15, 0.2) is 0 Å². The molecule has 1 fully saturated rings. The molecule has 3 nitrogen and oxygen atoms in total. The summed E-state index contributed by atoms with van der Waals surface area (Å²) in [7, 11) is 0. The number of hydrogen-bond donors (Lipinski definition) is 1. The zero-order valence-electron chi connectivity index (χ0n) is 6.22. The van der Waals surface area contributed by atoms with Crippen LogP contribution in [0.4, 0.5) is 8.78 Å². The normalized spacial score (nSPS) is 33.2. The molecule has 1 aliphatic carbocycles. The molecule has 1 saturated carbocycles. The first-order valence-electron chi connectivity index (χ1n) is 3.49. The van der Waals surface area contributed by atoms with Crippen LogP contribution in [0.5, 0.6) is 0 Å². The van der Waals surface area contributed by atoms with Crippen LogP contribution in [0, 0.1) is 5.41 Å². The second kappa shape index (κ2) is 2.50. The van der Waals surface area contributed by atoms with Crippen molar-refractivity contribution in [2.24, 2.45) is 5.41 Å². The predicted molar refractivity (Wildman–Crippen MR) is 34.9 cm³/mol. The average Bonchev–Trinajstić information content (AvgIpc) is 2.27. The van der Waals surface area contributed by atoms with Crippen LogP contribution in [0.3, 0.4) is 0 Å². The quantitative estimate of drug-likeness (QED) is 0.508. The Balaban J connectivity index is 2.87. The van der Waals surface area contributed by atoms with Crippen LogP contribution in [0.25, 0.3) is 0 Å². The molecule has 1 N–H and O–H groups in total. The zero-order valence-corrected chi connectivity index (χ0v) is 6.22. The number of aliphatic carboxylic acids is 1. The van der Waals surface area contributed by atoms with Gasteiger partial charge in [-0.15, -0.1) is 0 Å². The summed E-state index contributed by atoms with van der Waals surface area (Å²) < 4.78 is 25.1. The van der Waals surface area contributed by atoms with E-state index in [9.17, 15) is 18.4 Å². The molecule has 0 heterocycles. The maximum Gasteiger partial charge on any atom is 0.317 e. The van der Waals surface area contributed by atoms with Crippen LogP contribution >= 0.6 is 0 Å². The summed E-state index contributed by atoms with van der Waals surface area (Å²) in [6.45, 7) is 0. The van der Waals surface area contributed by atoms with Crippen molar-refractivity contribution in [1.82, 2.24) is 0 Å². The first-order chi connectivity index (χ1) is 5.42. The first-order valence-corrected chi connectivity index (χ1v) is 3.49. The lowest BCUT2D eigenvalue weighted by Crippen LogP contribution is -2.31. The van der Waals surface area contributed by atoms with Crippen LogP contribution in [-0.2, 0) is 9.59 Å². The van der Waals surface area contributed by atoms with E-state index in [1.165, 1.54) is 0 Å². The third-order valence-corrected chi connectivity index (χ3v) is 2.16. The summed E-state index contributed by atoms with van der Waals surface area (Å²) in [6, 6.07) is 0. The van der Waals surface area contributed by atoms with Gasteiger partial charge >= 0.3 is 5.97 Å². The lowest BCUT2D eigenvalue weighted by molar-refractivity contribution is -0.152. The van der Waals surface area contributed by atoms with Gasteiger partial charge in [-0.1, -0.05) is 0 Å². The maximum atomic E-state index is 12.6. The van der Waals surface area contributed by atoms with Gasteiger partial charge in [0.1, 0.15) is 11.7 Å². The summed E-state index contributed by atoms with van der Waals surface area (Å²) >= 11 is 0. The maximum absolute atomic E-state index is 12.6. The van der Waals surface area contributed by atoms with E-state index in [1.807, 2.05) is 0 Å². The van der Waals surface area contributed by atoms with Crippen molar-refractivity contribution in [1.29, 1.82) is 0 Å². The number of carbonyl (C=O) groups is 2. The van der Waals surface area contributed by atoms with E-state index in [2.05, 4.69) is 0 Å². The molecule has 1 aliphatic rings. The number of aldehydes is 1. The van der Waals surface area contributed by atoms with Gasteiger partial charge in [-0.25, -0.2) is 8.78 Å². The average molecular weight is 178 g/mol. The Labute approximate surface area is 67.4 Å². The van der Waals surface area contributed by atoms with Crippen molar-refractivity contribution in [3.05, 3.63) is 0 Å². The fourth-order valence-electron chi connectivity index (χ4n) is 1.38. The van der Waals surface area contributed by atoms with Gasteiger partial charge in [0, 0.05) is 12.8 Å². The molecule has 0 aromatic heterocycles. The highest BCUT2D eigenvalue weighted by Gasteiger charge is 2.54. The van der Waals surface area contributed by atoms with E-state index in [4.69, 9.17) is 5.11 Å². The van der Waals surface area contributed by atoms with Gasteiger partial charge in [0.25, 0.3) is 0 Å². The summed E-state index contributed by atoms with van der Waals surface area (Å²) in [5, 5.41) is 8.53. The van der Waals surface area contributed by atoms with Crippen LogP contribution in [0.1, 0.15) is 19.3 Å². The monoisotopic (exact) mass is 178 g/mol. The molecule has 0 saturated heterocycles. The van der Waals surface area contributed by atoms with Gasteiger partial charge in [0.15, 0.2) is 0 Å². The third kappa shape index (κ3) is 1.31. The molecule has 0 radical (unpaired) electrons. The Morgan fingerprint density at radius 3 is 2.17 bits per heavy atom. The zero-order chi connectivity index (χ0) is 9.41. The van der Waals surface area contributed by atoms with E-state index in [0.717, 1.165) is 0 Å². The Bertz CT molecular complexity index is 227. The predicted octanol–water partition coefficient (Wildman–Crippen LogP) is 1.08. The van der Waals surface area contributed by atoms with Gasteiger partial charge < -0.3 is 9.90 Å². The van der Waals surface area contributed by atoms with Crippen LogP contribution in [-0.4, -0.2) is 23.3 Å². The highest BCUT2D eigenvalue weighted by atomic mass is 19.3. The number of hydrogen-bond acceptors (Lipinski definition) is 2. The van der Waals surface area contributed by atoms with E-state index >= 15 is 0 Å². The van der Waals surface area contributed by atoms with Crippen molar-refractivity contribution >= 4 is 12.3 Å². The molecule has 0 aliphatic heterocycles.